The van der Waals surface area contributed by atoms with Gasteiger partial charge in [-0.3, -0.25) is 0 Å². The second-order valence-corrected chi connectivity index (χ2v) is 7.00. The Balaban J connectivity index is 1.92. The molecule has 1 N–H and O–H groups in total. The van der Waals surface area contributed by atoms with Crippen LogP contribution in [0.5, 0.6) is 0 Å². The third-order valence-corrected chi connectivity index (χ3v) is 3.48. The summed E-state index contributed by atoms with van der Waals surface area (Å²) in [4.78, 5) is 22.4. The number of amides is 1. The van der Waals surface area contributed by atoms with Crippen molar-refractivity contribution in [3.63, 3.8) is 0 Å². The van der Waals surface area contributed by atoms with Crippen LogP contribution in [-0.4, -0.2) is 45.7 Å². The van der Waals surface area contributed by atoms with Crippen molar-refractivity contribution >= 4 is 27.8 Å². The number of nitrogens with one attached hydrogen (secondary N) is 1. The van der Waals surface area contributed by atoms with Gasteiger partial charge in [0.2, 0.25) is 0 Å². The molecule has 0 spiro atoms. The van der Waals surface area contributed by atoms with Gasteiger partial charge in [-0.25, -0.2) is 14.8 Å². The molecule has 2 rings (SSSR count). The molecule has 21 heavy (non-hydrogen) atoms. The van der Waals surface area contributed by atoms with Crippen molar-refractivity contribution in [3.05, 3.63) is 16.5 Å². The fourth-order valence-corrected chi connectivity index (χ4v) is 2.53. The van der Waals surface area contributed by atoms with Crippen LogP contribution in [0.15, 0.2) is 10.8 Å². The summed E-state index contributed by atoms with van der Waals surface area (Å²) in [6.07, 6.45) is 2.28. The molecule has 1 fully saturated rings. The first-order chi connectivity index (χ1) is 9.74. The van der Waals surface area contributed by atoms with Gasteiger partial charge >= 0.3 is 6.09 Å². The highest BCUT2D eigenvalue weighted by molar-refractivity contribution is 9.10. The number of rotatable bonds is 2. The molecule has 1 aliphatic rings. The van der Waals surface area contributed by atoms with Gasteiger partial charge < -0.3 is 15.0 Å². The van der Waals surface area contributed by atoms with E-state index in [1.165, 1.54) is 0 Å². The summed E-state index contributed by atoms with van der Waals surface area (Å²) in [5.41, 5.74) is 0.371. The number of anilines is 1. The van der Waals surface area contributed by atoms with Crippen molar-refractivity contribution in [1.82, 2.24) is 14.9 Å². The van der Waals surface area contributed by atoms with E-state index in [9.17, 15) is 4.79 Å². The lowest BCUT2D eigenvalue weighted by Crippen LogP contribution is -2.36. The van der Waals surface area contributed by atoms with E-state index in [-0.39, 0.29) is 12.1 Å². The summed E-state index contributed by atoms with van der Waals surface area (Å²) in [6, 6.07) is 0.173. The molecule has 1 amide bonds. The quantitative estimate of drug-likeness (QED) is 0.882. The summed E-state index contributed by atoms with van der Waals surface area (Å²) in [6.45, 7) is 8.83. The van der Waals surface area contributed by atoms with Crippen LogP contribution >= 0.6 is 15.9 Å². The van der Waals surface area contributed by atoms with Crippen LogP contribution in [0.3, 0.4) is 0 Å². The van der Waals surface area contributed by atoms with E-state index in [0.717, 1.165) is 17.9 Å². The summed E-state index contributed by atoms with van der Waals surface area (Å²) < 4.78 is 6.10. The van der Waals surface area contributed by atoms with Crippen LogP contribution in [-0.2, 0) is 4.74 Å². The monoisotopic (exact) mass is 356 g/mol. The van der Waals surface area contributed by atoms with Crippen LogP contribution in [0.25, 0.3) is 0 Å². The summed E-state index contributed by atoms with van der Waals surface area (Å²) in [5, 5.41) is 3.34. The summed E-state index contributed by atoms with van der Waals surface area (Å²) in [5.74, 6) is 0.759. The Hall–Kier alpha value is -1.37. The number of aromatic nitrogens is 2. The molecule has 2 heterocycles. The van der Waals surface area contributed by atoms with Gasteiger partial charge in [-0.15, -0.1) is 0 Å². The third-order valence-electron chi connectivity index (χ3n) is 3.10. The second-order valence-electron chi connectivity index (χ2n) is 6.18. The Labute approximate surface area is 133 Å². The van der Waals surface area contributed by atoms with Crippen molar-refractivity contribution in [3.8, 4) is 0 Å². The molecule has 1 saturated heterocycles. The van der Waals surface area contributed by atoms with Gasteiger partial charge in [0.15, 0.2) is 0 Å². The van der Waals surface area contributed by atoms with Gasteiger partial charge in [0, 0.05) is 19.1 Å². The number of carbonyl (C=O) groups excluding carboxylic acids is 1. The van der Waals surface area contributed by atoms with Crippen molar-refractivity contribution in [2.75, 3.05) is 18.4 Å². The van der Waals surface area contributed by atoms with E-state index in [1.54, 1.807) is 11.1 Å². The Morgan fingerprint density at radius 3 is 2.86 bits per heavy atom. The van der Waals surface area contributed by atoms with Crippen molar-refractivity contribution < 1.29 is 9.53 Å². The molecule has 1 aliphatic heterocycles. The van der Waals surface area contributed by atoms with Gasteiger partial charge in [0.1, 0.15) is 16.0 Å². The molecule has 0 bridgehead atoms. The topological polar surface area (TPSA) is 67.4 Å². The van der Waals surface area contributed by atoms with Gasteiger partial charge in [0.05, 0.1) is 11.9 Å². The minimum Gasteiger partial charge on any atom is -0.444 e. The van der Waals surface area contributed by atoms with Crippen LogP contribution in [0.2, 0.25) is 0 Å². The molecule has 0 aliphatic carbocycles. The van der Waals surface area contributed by atoms with Gasteiger partial charge in [0.25, 0.3) is 0 Å². The first-order valence-corrected chi connectivity index (χ1v) is 7.77. The molecule has 1 aromatic heterocycles. The number of carbonyl (C=O) groups is 1. The molecule has 0 radical (unpaired) electrons. The summed E-state index contributed by atoms with van der Waals surface area (Å²) >= 11 is 3.29. The molecule has 1 aromatic rings. The SMILES string of the molecule is Cc1nc(Br)cnc1NC1CCN(C(=O)OC(C)(C)C)C1. The molecule has 1 unspecified atom stereocenters. The average molecular weight is 357 g/mol. The van der Waals surface area contributed by atoms with E-state index in [1.807, 2.05) is 27.7 Å². The number of hydrogen-bond donors (Lipinski definition) is 1. The highest BCUT2D eigenvalue weighted by Crippen LogP contribution is 2.19. The first kappa shape index (κ1) is 16.0. The maximum Gasteiger partial charge on any atom is 0.410 e. The molecule has 6 nitrogen and oxygen atoms in total. The van der Waals surface area contributed by atoms with E-state index in [4.69, 9.17) is 4.74 Å². The molecule has 1 atom stereocenters. The Morgan fingerprint density at radius 2 is 2.24 bits per heavy atom. The maximum atomic E-state index is 12.0. The highest BCUT2D eigenvalue weighted by Gasteiger charge is 2.30. The van der Waals surface area contributed by atoms with Crippen molar-refractivity contribution in [2.24, 2.45) is 0 Å². The Morgan fingerprint density at radius 1 is 1.52 bits per heavy atom. The zero-order chi connectivity index (χ0) is 15.6. The molecule has 116 valence electrons. The maximum absolute atomic E-state index is 12.0. The van der Waals surface area contributed by atoms with Crippen molar-refractivity contribution in [2.45, 2.75) is 45.8 Å². The third kappa shape index (κ3) is 4.56. The standard InChI is InChI=1S/C14H21BrN4O2/c1-9-12(16-7-11(15)17-9)18-10-5-6-19(8-10)13(20)21-14(2,3)4/h7,10H,5-6,8H2,1-4H3,(H,16,18). The van der Waals surface area contributed by atoms with Crippen LogP contribution < -0.4 is 5.32 Å². The fourth-order valence-electron chi connectivity index (χ4n) is 2.16. The lowest BCUT2D eigenvalue weighted by Gasteiger charge is -2.24. The molecule has 0 saturated carbocycles. The average Bonchev–Trinajstić information content (AvgIpc) is 2.79. The molecule has 7 heteroatoms. The summed E-state index contributed by atoms with van der Waals surface area (Å²) in [7, 11) is 0. The number of nitrogens with zero attached hydrogens (tertiary/aromatic N) is 3. The minimum atomic E-state index is -0.462. The molecular formula is C14H21BrN4O2. The van der Waals surface area contributed by atoms with E-state index >= 15 is 0 Å². The van der Waals surface area contributed by atoms with Gasteiger partial charge in [-0.05, 0) is 50.0 Å². The zero-order valence-corrected chi connectivity index (χ0v) is 14.4. The van der Waals surface area contributed by atoms with E-state index in [0.29, 0.717) is 17.7 Å². The van der Waals surface area contributed by atoms with Gasteiger partial charge in [-0.1, -0.05) is 0 Å². The molecule has 0 aromatic carbocycles. The second kappa shape index (κ2) is 6.17. The van der Waals surface area contributed by atoms with Crippen LogP contribution in [0.4, 0.5) is 10.6 Å². The van der Waals surface area contributed by atoms with E-state index in [2.05, 4.69) is 31.2 Å². The predicted molar refractivity (Wildman–Crippen MR) is 84.3 cm³/mol. The minimum absolute atomic E-state index is 0.173. The predicted octanol–water partition coefficient (Wildman–Crippen LogP) is 2.97. The smallest absolute Gasteiger partial charge is 0.410 e. The van der Waals surface area contributed by atoms with Gasteiger partial charge in [-0.2, -0.15) is 0 Å². The fraction of sp³-hybridized carbons (Fsp3) is 0.643. The normalized spacial score (nSPS) is 18.7. The largest absolute Gasteiger partial charge is 0.444 e. The number of halogens is 1. The molecular weight excluding hydrogens is 336 g/mol. The number of likely N-dealkylation sites (tertiary alicyclic amines) is 1. The Kier molecular flexibility index (Phi) is 4.70. The van der Waals surface area contributed by atoms with E-state index < -0.39 is 5.60 Å². The highest BCUT2D eigenvalue weighted by atomic mass is 79.9. The lowest BCUT2D eigenvalue weighted by molar-refractivity contribution is 0.0293. The van der Waals surface area contributed by atoms with Crippen LogP contribution in [0.1, 0.15) is 32.9 Å². The number of hydrogen-bond acceptors (Lipinski definition) is 5. The van der Waals surface area contributed by atoms with Crippen molar-refractivity contribution in [1.29, 1.82) is 0 Å². The zero-order valence-electron chi connectivity index (χ0n) is 12.8. The van der Waals surface area contributed by atoms with Crippen LogP contribution in [0, 0.1) is 6.92 Å². The lowest BCUT2D eigenvalue weighted by atomic mass is 10.2. The first-order valence-electron chi connectivity index (χ1n) is 6.98. The number of aryl methyl sites for hydroxylation is 1. The Bertz CT molecular complexity index is 530. The number of ether oxygens (including phenoxy) is 1.